The van der Waals surface area contributed by atoms with Crippen LogP contribution >= 0.6 is 0 Å². The fraction of sp³-hybridized carbons (Fsp3) is 0.533. The molecule has 0 radical (unpaired) electrons. The van der Waals surface area contributed by atoms with Crippen LogP contribution in [0.25, 0.3) is 0 Å². The molecular formula is C15H21N3O3. The van der Waals surface area contributed by atoms with Gasteiger partial charge >= 0.3 is 6.09 Å². The first-order chi connectivity index (χ1) is 10.1. The van der Waals surface area contributed by atoms with E-state index in [9.17, 15) is 9.59 Å². The molecule has 0 aliphatic carbocycles. The number of aromatic nitrogens is 1. The zero-order valence-corrected chi connectivity index (χ0v) is 12.5. The third kappa shape index (κ3) is 4.18. The van der Waals surface area contributed by atoms with Gasteiger partial charge in [-0.2, -0.15) is 0 Å². The van der Waals surface area contributed by atoms with Crippen LogP contribution in [-0.4, -0.2) is 59.6 Å². The van der Waals surface area contributed by atoms with Crippen molar-refractivity contribution >= 4 is 12.0 Å². The summed E-state index contributed by atoms with van der Waals surface area (Å²) in [6, 6.07) is 5.27. The Labute approximate surface area is 124 Å². The number of rotatable bonds is 3. The smallest absolute Gasteiger partial charge is 0.409 e. The predicted octanol–water partition coefficient (Wildman–Crippen LogP) is 1.63. The summed E-state index contributed by atoms with van der Waals surface area (Å²) >= 11 is 0. The first-order valence-corrected chi connectivity index (χ1v) is 7.20. The molecule has 2 heterocycles. The van der Waals surface area contributed by atoms with Crippen LogP contribution in [0, 0.1) is 5.92 Å². The molecule has 1 aromatic heterocycles. The van der Waals surface area contributed by atoms with Crippen molar-refractivity contribution in [1.82, 2.24) is 14.8 Å². The number of ether oxygens (including phenoxy) is 1. The molecule has 1 aromatic rings. The quantitative estimate of drug-likeness (QED) is 0.849. The van der Waals surface area contributed by atoms with Crippen LogP contribution in [0.2, 0.25) is 0 Å². The SMILES string of the molecule is CC(C)COC(=O)N1CCN(C(=O)c2ccccn2)CC1. The van der Waals surface area contributed by atoms with Crippen molar-refractivity contribution in [2.45, 2.75) is 13.8 Å². The molecule has 0 saturated carbocycles. The molecule has 0 N–H and O–H groups in total. The van der Waals surface area contributed by atoms with Crippen LogP contribution < -0.4 is 0 Å². The second-order valence-electron chi connectivity index (χ2n) is 5.46. The first-order valence-electron chi connectivity index (χ1n) is 7.20. The number of nitrogens with zero attached hydrogens (tertiary/aromatic N) is 3. The largest absolute Gasteiger partial charge is 0.449 e. The average Bonchev–Trinajstić information content (AvgIpc) is 2.53. The van der Waals surface area contributed by atoms with E-state index in [1.807, 2.05) is 13.8 Å². The molecule has 0 spiro atoms. The molecule has 2 amide bonds. The molecule has 0 aromatic carbocycles. The van der Waals surface area contributed by atoms with Gasteiger partial charge in [0.05, 0.1) is 6.61 Å². The minimum Gasteiger partial charge on any atom is -0.449 e. The van der Waals surface area contributed by atoms with Gasteiger partial charge in [0.25, 0.3) is 5.91 Å². The summed E-state index contributed by atoms with van der Waals surface area (Å²) in [6.07, 6.45) is 1.31. The van der Waals surface area contributed by atoms with E-state index in [1.54, 1.807) is 34.2 Å². The molecule has 0 bridgehead atoms. The standard InChI is InChI=1S/C15H21N3O3/c1-12(2)11-21-15(20)18-9-7-17(8-10-18)14(19)13-5-3-4-6-16-13/h3-6,12H,7-11H2,1-2H3. The molecule has 6 nitrogen and oxygen atoms in total. The van der Waals surface area contributed by atoms with Crippen molar-refractivity contribution in [2.24, 2.45) is 5.92 Å². The number of amides is 2. The lowest BCUT2D eigenvalue weighted by atomic mass is 10.2. The highest BCUT2D eigenvalue weighted by Gasteiger charge is 2.26. The Kier molecular flexibility index (Phi) is 5.14. The van der Waals surface area contributed by atoms with Crippen molar-refractivity contribution in [3.63, 3.8) is 0 Å². The summed E-state index contributed by atoms with van der Waals surface area (Å²) in [5, 5.41) is 0. The molecular weight excluding hydrogens is 270 g/mol. The maximum absolute atomic E-state index is 12.2. The van der Waals surface area contributed by atoms with Crippen LogP contribution in [0.15, 0.2) is 24.4 Å². The Hall–Kier alpha value is -2.11. The topological polar surface area (TPSA) is 62.7 Å². The lowest BCUT2D eigenvalue weighted by Gasteiger charge is -2.34. The lowest BCUT2D eigenvalue weighted by molar-refractivity contribution is 0.0531. The number of hydrogen-bond acceptors (Lipinski definition) is 4. The van der Waals surface area contributed by atoms with E-state index < -0.39 is 0 Å². The molecule has 114 valence electrons. The van der Waals surface area contributed by atoms with E-state index in [4.69, 9.17) is 4.74 Å². The maximum atomic E-state index is 12.2. The first kappa shape index (κ1) is 15.3. The van der Waals surface area contributed by atoms with Gasteiger partial charge in [-0.05, 0) is 18.1 Å². The average molecular weight is 291 g/mol. The molecule has 0 unspecified atom stereocenters. The highest BCUT2D eigenvalue weighted by molar-refractivity contribution is 5.92. The van der Waals surface area contributed by atoms with Crippen LogP contribution in [-0.2, 0) is 4.74 Å². The predicted molar refractivity (Wildman–Crippen MR) is 77.9 cm³/mol. The van der Waals surface area contributed by atoms with Crippen LogP contribution in [0.3, 0.4) is 0 Å². The number of pyridine rings is 1. The molecule has 1 fully saturated rings. The fourth-order valence-electron chi connectivity index (χ4n) is 2.07. The van der Waals surface area contributed by atoms with Gasteiger partial charge in [0, 0.05) is 32.4 Å². The van der Waals surface area contributed by atoms with Crippen molar-refractivity contribution in [3.8, 4) is 0 Å². The zero-order valence-electron chi connectivity index (χ0n) is 12.5. The molecule has 1 saturated heterocycles. The lowest BCUT2D eigenvalue weighted by Crippen LogP contribution is -2.51. The highest BCUT2D eigenvalue weighted by atomic mass is 16.6. The van der Waals surface area contributed by atoms with E-state index in [2.05, 4.69) is 4.98 Å². The molecule has 1 aliphatic rings. The van der Waals surface area contributed by atoms with Gasteiger partial charge in [-0.15, -0.1) is 0 Å². The van der Waals surface area contributed by atoms with Crippen molar-refractivity contribution < 1.29 is 14.3 Å². The van der Waals surface area contributed by atoms with Gasteiger partial charge in [-0.1, -0.05) is 19.9 Å². The van der Waals surface area contributed by atoms with E-state index in [0.29, 0.717) is 44.4 Å². The summed E-state index contributed by atoms with van der Waals surface area (Å²) in [7, 11) is 0. The molecule has 1 aliphatic heterocycles. The Bertz CT molecular complexity index is 482. The molecule has 2 rings (SSSR count). The second kappa shape index (κ2) is 7.06. The minimum atomic E-state index is -0.298. The summed E-state index contributed by atoms with van der Waals surface area (Å²) in [4.78, 5) is 31.5. The number of carbonyl (C=O) groups is 2. The summed E-state index contributed by atoms with van der Waals surface area (Å²) < 4.78 is 5.19. The Morgan fingerprint density at radius 3 is 2.43 bits per heavy atom. The van der Waals surface area contributed by atoms with Crippen LogP contribution in [0.4, 0.5) is 4.79 Å². The van der Waals surface area contributed by atoms with E-state index >= 15 is 0 Å². The Balaban J connectivity index is 1.83. The van der Waals surface area contributed by atoms with Gasteiger partial charge in [0.1, 0.15) is 5.69 Å². The van der Waals surface area contributed by atoms with Gasteiger partial charge in [0.15, 0.2) is 0 Å². The van der Waals surface area contributed by atoms with Crippen molar-refractivity contribution in [1.29, 1.82) is 0 Å². The second-order valence-corrected chi connectivity index (χ2v) is 5.46. The number of carbonyl (C=O) groups excluding carboxylic acids is 2. The number of piperazine rings is 1. The van der Waals surface area contributed by atoms with Gasteiger partial charge in [-0.3, -0.25) is 9.78 Å². The van der Waals surface area contributed by atoms with E-state index in [-0.39, 0.29) is 12.0 Å². The van der Waals surface area contributed by atoms with Gasteiger partial charge in [0.2, 0.25) is 0 Å². The zero-order chi connectivity index (χ0) is 15.2. The summed E-state index contributed by atoms with van der Waals surface area (Å²) in [5.74, 6) is 0.228. The minimum absolute atomic E-state index is 0.0919. The third-order valence-electron chi connectivity index (χ3n) is 3.25. The summed E-state index contributed by atoms with van der Waals surface area (Å²) in [5.41, 5.74) is 0.438. The Morgan fingerprint density at radius 1 is 1.19 bits per heavy atom. The summed E-state index contributed by atoms with van der Waals surface area (Å²) in [6.45, 7) is 6.42. The van der Waals surface area contributed by atoms with E-state index in [0.717, 1.165) is 0 Å². The van der Waals surface area contributed by atoms with Crippen molar-refractivity contribution in [3.05, 3.63) is 30.1 Å². The van der Waals surface area contributed by atoms with Crippen LogP contribution in [0.1, 0.15) is 24.3 Å². The molecule has 21 heavy (non-hydrogen) atoms. The van der Waals surface area contributed by atoms with Crippen LogP contribution in [0.5, 0.6) is 0 Å². The third-order valence-corrected chi connectivity index (χ3v) is 3.25. The normalized spacial score (nSPS) is 15.2. The van der Waals surface area contributed by atoms with Crippen molar-refractivity contribution in [2.75, 3.05) is 32.8 Å². The fourth-order valence-corrected chi connectivity index (χ4v) is 2.07. The molecule has 0 atom stereocenters. The monoisotopic (exact) mass is 291 g/mol. The highest BCUT2D eigenvalue weighted by Crippen LogP contribution is 2.08. The number of hydrogen-bond donors (Lipinski definition) is 0. The Morgan fingerprint density at radius 2 is 1.86 bits per heavy atom. The van der Waals surface area contributed by atoms with E-state index in [1.165, 1.54) is 0 Å². The van der Waals surface area contributed by atoms with Gasteiger partial charge in [-0.25, -0.2) is 4.79 Å². The maximum Gasteiger partial charge on any atom is 0.409 e. The molecule has 6 heteroatoms. The van der Waals surface area contributed by atoms with Gasteiger partial charge < -0.3 is 14.5 Å².